The van der Waals surface area contributed by atoms with Gasteiger partial charge in [0.25, 0.3) is 0 Å². The molecule has 84 heavy (non-hydrogen) atoms. The van der Waals surface area contributed by atoms with Crippen LogP contribution in [0.5, 0.6) is 0 Å². The number of carbonyl (C=O) groups is 3. The Hall–Kier alpha value is -6.52. The number of carboxylic acids is 1. The Balaban J connectivity index is 1.11. The van der Waals surface area contributed by atoms with Gasteiger partial charge in [-0.3, -0.25) is 36.9 Å². The average molecular weight is 1230 g/mol. The van der Waals surface area contributed by atoms with Crippen LogP contribution in [0.2, 0.25) is 38.3 Å². The number of aliphatic imine (C=N–C) groups is 4. The molecule has 1 atom stereocenters. The van der Waals surface area contributed by atoms with Crippen LogP contribution in [0.1, 0.15) is 73.6 Å². The van der Waals surface area contributed by atoms with Crippen molar-refractivity contribution in [2.45, 2.75) is 89.6 Å². The molecule has 2 aromatic heterocycles. The van der Waals surface area contributed by atoms with Crippen LogP contribution in [0.3, 0.4) is 0 Å². The van der Waals surface area contributed by atoms with Crippen molar-refractivity contribution in [1.82, 2.24) is 24.0 Å². The van der Waals surface area contributed by atoms with Crippen molar-refractivity contribution in [3.63, 3.8) is 0 Å². The minimum absolute atomic E-state index is 0.00311. The summed E-state index contributed by atoms with van der Waals surface area (Å²) in [6.07, 6.45) is 1.44. The lowest BCUT2D eigenvalue weighted by Crippen LogP contribution is -2.70. The highest BCUT2D eigenvalue weighted by Gasteiger charge is 2.58. The molecule has 4 aliphatic heterocycles. The topological polar surface area (TPSA) is 316 Å². The quantitative estimate of drug-likeness (QED) is 0.0157. The van der Waals surface area contributed by atoms with E-state index < -0.39 is 59.0 Å². The molecule has 4 aliphatic rings. The number of nitrogens with zero attached hydrogens (tertiary/aromatic N) is 9. The fourth-order valence-corrected chi connectivity index (χ4v) is 24.8. The third-order valence-electron chi connectivity index (χ3n) is 15.0. The van der Waals surface area contributed by atoms with E-state index in [-0.39, 0.29) is 63.7 Å². The highest BCUT2D eigenvalue weighted by Crippen LogP contribution is 2.45. The fraction of sp³-hybridized carbons (Fsp3) is 0.375. The summed E-state index contributed by atoms with van der Waals surface area (Å²) in [4.78, 5) is 110. The number of benzene rings is 4. The Labute approximate surface area is 488 Å². The molecule has 0 aliphatic carbocycles. The van der Waals surface area contributed by atoms with E-state index in [0.717, 1.165) is 43.8 Å². The maximum Gasteiger partial charge on any atom is 0.582 e. The van der Waals surface area contributed by atoms with Crippen LogP contribution in [0.4, 0.5) is 11.6 Å². The number of aliphatic carboxylic acids is 1. The summed E-state index contributed by atoms with van der Waals surface area (Å²) in [5.74, 6) is 1.31. The lowest BCUT2D eigenvalue weighted by molar-refractivity contribution is -0.137. The summed E-state index contributed by atoms with van der Waals surface area (Å²) in [6, 6.07) is 32.7. The van der Waals surface area contributed by atoms with Gasteiger partial charge in [0.05, 0.1) is 18.9 Å². The van der Waals surface area contributed by atoms with Gasteiger partial charge in [0.2, 0.25) is 11.8 Å². The summed E-state index contributed by atoms with van der Waals surface area (Å²) >= 11 is 0. The zero-order valence-corrected chi connectivity index (χ0v) is 52.1. The number of hydrogen-bond donors (Lipinski definition) is 7. The van der Waals surface area contributed by atoms with Crippen LogP contribution in [0, 0.1) is 0 Å². The molecule has 0 saturated heterocycles. The smallest absolute Gasteiger partial charge is 0.481 e. The molecule has 7 N–H and O–H groups in total. The first kappa shape index (κ1) is 60.6. The van der Waals surface area contributed by atoms with E-state index in [1.54, 1.807) is 4.90 Å². The summed E-state index contributed by atoms with van der Waals surface area (Å²) in [5.41, 5.74) is 4.12. The Morgan fingerprint density at radius 2 is 0.917 bits per heavy atom. The minimum atomic E-state index is -4.65. The van der Waals surface area contributed by atoms with Crippen LogP contribution in [0.25, 0.3) is 21.5 Å². The van der Waals surface area contributed by atoms with E-state index in [2.05, 4.69) is 45.3 Å². The Morgan fingerprint density at radius 1 is 0.524 bits per heavy atom. The fourth-order valence-electron chi connectivity index (χ4n) is 11.1. The van der Waals surface area contributed by atoms with E-state index >= 15 is 0 Å². The molecule has 10 rings (SSSR count). The van der Waals surface area contributed by atoms with Crippen molar-refractivity contribution >= 4 is 115 Å². The molecule has 1 unspecified atom stereocenters. The Bertz CT molecular complexity index is 3750. The molecule has 23 nitrogen and oxygen atoms in total. The van der Waals surface area contributed by atoms with Gasteiger partial charge >= 0.3 is 30.0 Å². The first-order chi connectivity index (χ1) is 40.0. The van der Waals surface area contributed by atoms with E-state index in [4.69, 9.17) is 43.3 Å². The molecule has 0 fully saturated rings. The number of nitrogens with one attached hydrogen (secondary N) is 2. The van der Waals surface area contributed by atoms with Gasteiger partial charge in [0, 0.05) is 69.7 Å². The van der Waals surface area contributed by atoms with E-state index in [0.29, 0.717) is 90.3 Å². The summed E-state index contributed by atoms with van der Waals surface area (Å²) in [7, 11) is -19.6. The Kier molecular flexibility index (Phi) is 17.9. The molecule has 6 heterocycles. The molecule has 4 aromatic carbocycles. The highest BCUT2D eigenvalue weighted by atomic mass is 31.2. The molecule has 0 spiro atoms. The first-order valence-electron chi connectivity index (χ1n) is 28.2. The van der Waals surface area contributed by atoms with Gasteiger partial charge in [-0.05, 0) is 89.9 Å². The predicted molar refractivity (Wildman–Crippen MR) is 329 cm³/mol. The van der Waals surface area contributed by atoms with Gasteiger partial charge in [-0.15, -0.1) is 0 Å². The van der Waals surface area contributed by atoms with Gasteiger partial charge in [0.1, 0.15) is 22.6 Å². The summed E-state index contributed by atoms with van der Waals surface area (Å²) in [6.45, 7) is 9.22. The van der Waals surface area contributed by atoms with Crippen molar-refractivity contribution in [1.29, 1.82) is 0 Å². The second-order valence-corrected chi connectivity index (χ2v) is 37.9. The van der Waals surface area contributed by atoms with Crippen LogP contribution >= 0.6 is 15.2 Å². The largest absolute Gasteiger partial charge is 0.582 e. The lowest BCUT2D eigenvalue weighted by Gasteiger charge is -2.43. The number of rotatable bonds is 27. The number of aromatic nitrogens is 2. The second-order valence-electron chi connectivity index (χ2n) is 22.7. The zero-order chi connectivity index (χ0) is 59.6. The number of fused-ring (bicyclic) bond motifs is 14. The van der Waals surface area contributed by atoms with Gasteiger partial charge < -0.3 is 43.5 Å². The second kappa shape index (κ2) is 24.8. The van der Waals surface area contributed by atoms with E-state index in [1.165, 1.54) is 0 Å². The molecule has 6 aromatic rings. The monoisotopic (exact) mass is 1230 g/mol. The van der Waals surface area contributed by atoms with Crippen molar-refractivity contribution in [3.05, 3.63) is 130 Å². The van der Waals surface area contributed by atoms with E-state index in [1.807, 2.05) is 97.1 Å². The molecule has 6 bridgehead atoms. The van der Waals surface area contributed by atoms with Crippen LogP contribution in [0.15, 0.2) is 127 Å². The number of carboxylic acid groups (broad SMARTS) is 1. The molecule has 442 valence electrons. The maximum atomic E-state index is 13.7. The van der Waals surface area contributed by atoms with Crippen molar-refractivity contribution in [2.24, 2.45) is 30.0 Å². The van der Waals surface area contributed by atoms with Gasteiger partial charge in [-0.2, -0.15) is 0 Å². The zero-order valence-electron chi connectivity index (χ0n) is 47.3. The van der Waals surface area contributed by atoms with E-state index in [9.17, 15) is 43.1 Å². The third kappa shape index (κ3) is 13.8. The average Bonchev–Trinajstić information content (AvgIpc) is 1.56. The first-order valence-corrected chi connectivity index (χ1v) is 39.7. The van der Waals surface area contributed by atoms with Crippen LogP contribution in [-0.2, 0) is 31.7 Å². The molecule has 2 amide bonds. The number of carbonyl (C=O) groups excluding carboxylic acids is 2. The van der Waals surface area contributed by atoms with Crippen molar-refractivity contribution < 1.29 is 56.4 Å². The predicted octanol–water partition coefficient (Wildman–Crippen LogP) is 6.91. The van der Waals surface area contributed by atoms with Gasteiger partial charge in [-0.1, -0.05) is 97.1 Å². The van der Waals surface area contributed by atoms with Crippen LogP contribution < -0.4 is 21.6 Å². The summed E-state index contributed by atoms with van der Waals surface area (Å²) in [5, 5.41) is 18.2. The molecule has 28 heteroatoms. The molecular weight excluding hydrogens is 1160 g/mol. The van der Waals surface area contributed by atoms with Crippen LogP contribution in [-0.4, -0.2) is 150 Å². The molecular formula is C56H69N11O12P2Si3. The summed E-state index contributed by atoms with van der Waals surface area (Å²) < 4.78 is 44.1. The standard InChI is InChI=1S/C56H69N11O12P2Si3/c1-82(2,35-15-29-57-46(68)27-13-14-28-48(70)71)78-84(79-83(3,4)36-16-30-58-47(69)37-65(31-17-33-80(72,73)74)32-18-34-81(75,76)77)66-53-42-23-9-10-24-43(42)55(66)63-51-40-21-7-8-22-41(40)52(60-51)64-56-45-26-12-11-25-44(45)54(67(56)84)62-50-39-20-6-5-19-38(39)49(59-50)61-53/h5-12,19-26H,13-18,27-37H2,1-4H3,(H,57,68)(H,58,69)(H,70,71)(H2,72,73,74)(H2,75,76,77). The SMILES string of the molecule is C[Si](C)(CCCNC(=O)CCCCC(=O)O)O[Si]1(O[Si](C)(C)CCCNC(=O)CN(CCCP(=O)(O)O)CCCP(=O)(O)O)n2c3c4ccccc4c2N=C2N=C(N=c4c5ccccc5c(n41)=NC1=NC(=N3)c3ccccc31)c1ccccc12. The Morgan fingerprint density at radius 3 is 1.35 bits per heavy atom. The lowest BCUT2D eigenvalue weighted by atomic mass is 10.1. The highest BCUT2D eigenvalue weighted by molar-refractivity contribution is 7.52. The number of unbranched alkanes of at least 4 members (excludes halogenated alkanes) is 1. The number of hydrogen-bond acceptors (Lipinski definition) is 14. The van der Waals surface area contributed by atoms with Crippen molar-refractivity contribution in [3.8, 4) is 0 Å². The van der Waals surface area contributed by atoms with Crippen molar-refractivity contribution in [2.75, 3.05) is 45.0 Å². The maximum absolute atomic E-state index is 13.7. The minimum Gasteiger partial charge on any atom is -0.481 e. The third-order valence-corrected chi connectivity index (χ3v) is 28.4. The van der Waals surface area contributed by atoms with Gasteiger partial charge in [-0.25, -0.2) is 30.0 Å². The molecule has 0 radical (unpaired) electrons. The molecule has 0 saturated carbocycles. The van der Waals surface area contributed by atoms with Gasteiger partial charge in [0.15, 0.2) is 40.0 Å². The normalized spacial score (nSPS) is 16.2. The number of amides is 2. The number of amidine groups is 4.